The summed E-state index contributed by atoms with van der Waals surface area (Å²) in [6.45, 7) is 0. The van der Waals surface area contributed by atoms with E-state index >= 15 is 0 Å². The molecule has 2 aromatic heterocycles. The maximum absolute atomic E-state index is 5.90. The lowest BCUT2D eigenvalue weighted by Crippen LogP contribution is -1.73. The number of hydrogen-bond donors (Lipinski definition) is 1. The van der Waals surface area contributed by atoms with Crippen LogP contribution in [0.1, 0.15) is 0 Å². The number of halogens is 1. The van der Waals surface area contributed by atoms with Crippen LogP contribution in [0.4, 0.5) is 0 Å². The number of nitrogens with one attached hydrogen (secondary N) is 1. The average molecular weight is 203 g/mol. The van der Waals surface area contributed by atoms with Gasteiger partial charge < -0.3 is 4.98 Å². The van der Waals surface area contributed by atoms with Crippen molar-refractivity contribution in [1.29, 1.82) is 0 Å². The fourth-order valence-corrected chi connectivity index (χ4v) is 1.86. The van der Waals surface area contributed by atoms with Gasteiger partial charge in [0.15, 0.2) is 0 Å². The third kappa shape index (κ3) is 1.01. The summed E-state index contributed by atoms with van der Waals surface area (Å²) in [7, 11) is 0. The molecule has 0 aliphatic carbocycles. The Morgan fingerprint density at radius 2 is 2.00 bits per heavy atom. The molecule has 0 bridgehead atoms. The lowest BCUT2D eigenvalue weighted by atomic mass is 10.2. The third-order valence-electron chi connectivity index (χ3n) is 2.32. The number of nitrogens with zero attached hydrogens (tertiary/aromatic N) is 1. The zero-order valence-corrected chi connectivity index (χ0v) is 8.05. The number of rotatable bonds is 0. The van der Waals surface area contributed by atoms with E-state index in [2.05, 4.69) is 16.0 Å². The van der Waals surface area contributed by atoms with Crippen LogP contribution in [0, 0.1) is 0 Å². The van der Waals surface area contributed by atoms with Crippen molar-refractivity contribution in [3.8, 4) is 0 Å². The van der Waals surface area contributed by atoms with E-state index in [0.717, 1.165) is 21.9 Å². The second-order valence-corrected chi connectivity index (χ2v) is 3.66. The Morgan fingerprint density at radius 1 is 1.14 bits per heavy atom. The Labute approximate surface area is 85.5 Å². The van der Waals surface area contributed by atoms with Crippen molar-refractivity contribution in [1.82, 2.24) is 9.97 Å². The third-order valence-corrected chi connectivity index (χ3v) is 2.53. The van der Waals surface area contributed by atoms with Crippen molar-refractivity contribution < 1.29 is 0 Å². The van der Waals surface area contributed by atoms with Gasteiger partial charge in [0, 0.05) is 22.5 Å². The van der Waals surface area contributed by atoms with Crippen molar-refractivity contribution in [2.45, 2.75) is 0 Å². The molecule has 0 unspecified atom stereocenters. The van der Waals surface area contributed by atoms with Gasteiger partial charge in [-0.2, -0.15) is 0 Å². The van der Waals surface area contributed by atoms with Gasteiger partial charge in [-0.05, 0) is 12.1 Å². The van der Waals surface area contributed by atoms with E-state index in [1.165, 1.54) is 0 Å². The van der Waals surface area contributed by atoms with Crippen molar-refractivity contribution in [2.24, 2.45) is 0 Å². The zero-order valence-electron chi connectivity index (χ0n) is 7.29. The molecule has 0 aliphatic rings. The summed E-state index contributed by atoms with van der Waals surface area (Å²) in [6.07, 6.45) is 1.65. The standard InChI is InChI=1S/C11H7ClN2/c12-7-5-9-8-3-1-2-4-10(8)14-11(9)13-6-7/h1-6H,(H,13,14). The summed E-state index contributed by atoms with van der Waals surface area (Å²) in [6, 6.07) is 10.0. The second kappa shape index (κ2) is 2.72. The Kier molecular flexibility index (Phi) is 1.52. The van der Waals surface area contributed by atoms with E-state index < -0.39 is 0 Å². The maximum atomic E-state index is 5.90. The van der Waals surface area contributed by atoms with Gasteiger partial charge >= 0.3 is 0 Å². The molecule has 0 spiro atoms. The average Bonchev–Trinajstić information content (AvgIpc) is 2.56. The minimum absolute atomic E-state index is 0.669. The molecule has 0 radical (unpaired) electrons. The van der Waals surface area contributed by atoms with Crippen LogP contribution in [-0.4, -0.2) is 9.97 Å². The summed E-state index contributed by atoms with van der Waals surface area (Å²) in [4.78, 5) is 7.47. The lowest BCUT2D eigenvalue weighted by molar-refractivity contribution is 1.35. The molecule has 0 saturated heterocycles. The second-order valence-electron chi connectivity index (χ2n) is 3.22. The number of fused-ring (bicyclic) bond motifs is 3. The highest BCUT2D eigenvalue weighted by atomic mass is 35.5. The molecule has 0 saturated carbocycles. The SMILES string of the molecule is Clc1cnc2[nH]c3ccccc3c2c1. The van der Waals surface area contributed by atoms with Gasteiger partial charge in [-0.3, -0.25) is 0 Å². The van der Waals surface area contributed by atoms with Gasteiger partial charge in [0.2, 0.25) is 0 Å². The van der Waals surface area contributed by atoms with Crippen LogP contribution >= 0.6 is 11.6 Å². The van der Waals surface area contributed by atoms with Crippen LogP contribution in [0.2, 0.25) is 5.02 Å². The van der Waals surface area contributed by atoms with E-state index in [-0.39, 0.29) is 0 Å². The first-order chi connectivity index (χ1) is 6.84. The monoisotopic (exact) mass is 202 g/mol. The van der Waals surface area contributed by atoms with Gasteiger partial charge in [-0.15, -0.1) is 0 Å². The molecule has 0 atom stereocenters. The molecule has 0 fully saturated rings. The highest BCUT2D eigenvalue weighted by Gasteiger charge is 2.03. The molecule has 3 heteroatoms. The first kappa shape index (κ1) is 7.83. The zero-order chi connectivity index (χ0) is 9.54. The van der Waals surface area contributed by atoms with Gasteiger partial charge in [0.25, 0.3) is 0 Å². The first-order valence-electron chi connectivity index (χ1n) is 4.36. The molecule has 2 heterocycles. The van der Waals surface area contributed by atoms with Crippen molar-refractivity contribution >= 4 is 33.5 Å². The summed E-state index contributed by atoms with van der Waals surface area (Å²) < 4.78 is 0. The molecule has 0 amide bonds. The van der Waals surface area contributed by atoms with Gasteiger partial charge in [0.05, 0.1) is 5.02 Å². The first-order valence-corrected chi connectivity index (χ1v) is 4.74. The summed E-state index contributed by atoms with van der Waals surface area (Å²) in [5.74, 6) is 0. The van der Waals surface area contributed by atoms with Crippen LogP contribution in [-0.2, 0) is 0 Å². The maximum Gasteiger partial charge on any atom is 0.138 e. The van der Waals surface area contributed by atoms with Crippen LogP contribution in [0.25, 0.3) is 21.9 Å². The van der Waals surface area contributed by atoms with Crippen LogP contribution < -0.4 is 0 Å². The van der Waals surface area contributed by atoms with Gasteiger partial charge in [0.1, 0.15) is 5.65 Å². The fraction of sp³-hybridized carbons (Fsp3) is 0. The summed E-state index contributed by atoms with van der Waals surface area (Å²) in [5.41, 5.74) is 1.98. The molecule has 1 aromatic carbocycles. The van der Waals surface area contributed by atoms with E-state index in [1.807, 2.05) is 24.3 Å². The molecular weight excluding hydrogens is 196 g/mol. The number of benzene rings is 1. The van der Waals surface area contributed by atoms with Gasteiger partial charge in [-0.1, -0.05) is 29.8 Å². The van der Waals surface area contributed by atoms with Crippen LogP contribution in [0.3, 0.4) is 0 Å². The number of aromatic nitrogens is 2. The predicted octanol–water partition coefficient (Wildman–Crippen LogP) is 3.37. The molecule has 68 valence electrons. The number of hydrogen-bond acceptors (Lipinski definition) is 1. The van der Waals surface area contributed by atoms with E-state index in [9.17, 15) is 0 Å². The molecule has 0 aliphatic heterocycles. The van der Waals surface area contributed by atoms with Crippen molar-refractivity contribution in [2.75, 3.05) is 0 Å². The highest BCUT2D eigenvalue weighted by molar-refractivity contribution is 6.31. The number of pyridine rings is 1. The topological polar surface area (TPSA) is 28.7 Å². The van der Waals surface area contributed by atoms with E-state index in [4.69, 9.17) is 11.6 Å². The Morgan fingerprint density at radius 3 is 2.93 bits per heavy atom. The van der Waals surface area contributed by atoms with Crippen LogP contribution in [0.5, 0.6) is 0 Å². The lowest BCUT2D eigenvalue weighted by Gasteiger charge is -1.90. The Hall–Kier alpha value is -1.54. The summed E-state index contributed by atoms with van der Waals surface area (Å²) >= 11 is 5.90. The summed E-state index contributed by atoms with van der Waals surface area (Å²) in [5, 5.41) is 2.91. The van der Waals surface area contributed by atoms with E-state index in [1.54, 1.807) is 6.20 Å². The minimum Gasteiger partial charge on any atom is -0.339 e. The molecular formula is C11H7ClN2. The molecule has 14 heavy (non-hydrogen) atoms. The molecule has 3 rings (SSSR count). The number of H-pyrrole nitrogens is 1. The normalized spacial score (nSPS) is 11.2. The van der Waals surface area contributed by atoms with Crippen LogP contribution in [0.15, 0.2) is 36.5 Å². The van der Waals surface area contributed by atoms with E-state index in [0.29, 0.717) is 5.02 Å². The Balaban J connectivity index is 2.58. The predicted molar refractivity (Wildman–Crippen MR) is 58.6 cm³/mol. The van der Waals surface area contributed by atoms with Gasteiger partial charge in [-0.25, -0.2) is 4.98 Å². The quantitative estimate of drug-likeness (QED) is 0.595. The number of aromatic amines is 1. The molecule has 1 N–H and O–H groups in total. The molecule has 3 aromatic rings. The largest absolute Gasteiger partial charge is 0.339 e. The number of para-hydroxylation sites is 1. The van der Waals surface area contributed by atoms with Crippen molar-refractivity contribution in [3.05, 3.63) is 41.6 Å². The fourth-order valence-electron chi connectivity index (χ4n) is 1.70. The molecule has 2 nitrogen and oxygen atoms in total. The minimum atomic E-state index is 0.669. The Bertz CT molecular complexity index is 613. The smallest absolute Gasteiger partial charge is 0.138 e. The highest BCUT2D eigenvalue weighted by Crippen LogP contribution is 2.25. The van der Waals surface area contributed by atoms with Crippen molar-refractivity contribution in [3.63, 3.8) is 0 Å².